The lowest BCUT2D eigenvalue weighted by molar-refractivity contribution is -0.180. The summed E-state index contributed by atoms with van der Waals surface area (Å²) >= 11 is 0. The summed E-state index contributed by atoms with van der Waals surface area (Å²) < 4.78 is 95.0. The second-order valence-corrected chi connectivity index (χ2v) is 11.5. The SMILES string of the molecule is CCCOCC1CCC(C2CCC(c3ccc(CCC(F)(F)Oc4cc(F)c(OC(F)F)c(F)c4)cc3)CC2)CC1. The Labute approximate surface area is 238 Å². The highest BCUT2D eigenvalue weighted by molar-refractivity contribution is 5.35. The predicted octanol–water partition coefficient (Wildman–Crippen LogP) is 9.68. The molecular weight excluding hydrogens is 546 g/mol. The summed E-state index contributed by atoms with van der Waals surface area (Å²) in [5.74, 6) is -2.46. The highest BCUT2D eigenvalue weighted by atomic mass is 19.3. The average molecular weight is 587 g/mol. The Bertz CT molecular complexity index is 1050. The van der Waals surface area contributed by atoms with E-state index in [1.807, 2.05) is 24.3 Å². The van der Waals surface area contributed by atoms with Crippen LogP contribution < -0.4 is 9.47 Å². The summed E-state index contributed by atoms with van der Waals surface area (Å²) in [6.07, 6.45) is 6.53. The van der Waals surface area contributed by atoms with Gasteiger partial charge in [0.2, 0.25) is 0 Å². The zero-order chi connectivity index (χ0) is 29.4. The molecule has 2 aliphatic rings. The molecule has 0 N–H and O–H groups in total. The molecule has 41 heavy (non-hydrogen) atoms. The van der Waals surface area contributed by atoms with Crippen molar-refractivity contribution in [3.05, 3.63) is 59.2 Å². The van der Waals surface area contributed by atoms with Gasteiger partial charge in [-0.05, 0) is 99.0 Å². The molecule has 228 valence electrons. The van der Waals surface area contributed by atoms with E-state index in [0.29, 0.717) is 29.5 Å². The lowest BCUT2D eigenvalue weighted by Crippen LogP contribution is -2.26. The first kappa shape index (κ1) is 31.5. The minimum absolute atomic E-state index is 0.0102. The summed E-state index contributed by atoms with van der Waals surface area (Å²) in [5.41, 5.74) is 1.92. The Morgan fingerprint density at radius 3 is 2.00 bits per heavy atom. The van der Waals surface area contributed by atoms with E-state index in [4.69, 9.17) is 4.74 Å². The molecule has 0 atom stereocenters. The van der Waals surface area contributed by atoms with Crippen LogP contribution in [0.5, 0.6) is 11.5 Å². The molecule has 2 aromatic rings. The van der Waals surface area contributed by atoms with Gasteiger partial charge in [0, 0.05) is 25.3 Å². The van der Waals surface area contributed by atoms with Crippen molar-refractivity contribution in [1.82, 2.24) is 0 Å². The molecule has 3 nitrogen and oxygen atoms in total. The molecule has 9 heteroatoms. The van der Waals surface area contributed by atoms with Gasteiger partial charge < -0.3 is 14.2 Å². The van der Waals surface area contributed by atoms with Crippen molar-refractivity contribution < 1.29 is 40.6 Å². The molecule has 0 heterocycles. The molecular formula is C32H40F6O3. The van der Waals surface area contributed by atoms with Crippen LogP contribution in [0.4, 0.5) is 26.3 Å². The van der Waals surface area contributed by atoms with Crippen LogP contribution in [0.1, 0.15) is 88.2 Å². The van der Waals surface area contributed by atoms with Gasteiger partial charge in [-0.15, -0.1) is 0 Å². The fourth-order valence-corrected chi connectivity index (χ4v) is 6.41. The number of hydrogen-bond donors (Lipinski definition) is 0. The van der Waals surface area contributed by atoms with Crippen LogP contribution in [0.25, 0.3) is 0 Å². The van der Waals surface area contributed by atoms with E-state index in [1.165, 1.54) is 44.1 Å². The van der Waals surface area contributed by atoms with E-state index < -0.39 is 42.3 Å². The monoisotopic (exact) mass is 586 g/mol. The molecule has 0 saturated heterocycles. The summed E-state index contributed by atoms with van der Waals surface area (Å²) in [4.78, 5) is 0. The molecule has 0 bridgehead atoms. The van der Waals surface area contributed by atoms with Crippen molar-refractivity contribution in [2.45, 2.75) is 96.2 Å². The van der Waals surface area contributed by atoms with Crippen LogP contribution in [-0.2, 0) is 11.2 Å². The van der Waals surface area contributed by atoms with E-state index in [-0.39, 0.29) is 6.42 Å². The Kier molecular flexibility index (Phi) is 11.3. The van der Waals surface area contributed by atoms with Crippen molar-refractivity contribution in [3.8, 4) is 11.5 Å². The Morgan fingerprint density at radius 2 is 1.44 bits per heavy atom. The standard InChI is InChI=1S/C32H40F6O3/c1-2-17-39-20-22-5-9-24(10-6-22)26-13-11-25(12-14-26)23-7-3-21(4-8-23)15-16-32(37,38)41-27-18-28(33)30(29(34)19-27)40-31(35)36/h3-4,7-8,18-19,22,24-26,31H,2,5-6,9-17,20H2,1H3. The van der Waals surface area contributed by atoms with Gasteiger partial charge in [0.25, 0.3) is 0 Å². The van der Waals surface area contributed by atoms with E-state index in [9.17, 15) is 26.3 Å². The van der Waals surface area contributed by atoms with Gasteiger partial charge in [0.1, 0.15) is 5.75 Å². The summed E-state index contributed by atoms with van der Waals surface area (Å²) in [6.45, 7) is 0.444. The molecule has 2 fully saturated rings. The summed E-state index contributed by atoms with van der Waals surface area (Å²) in [6, 6.07) is 8.49. The van der Waals surface area contributed by atoms with Crippen LogP contribution in [0.3, 0.4) is 0 Å². The molecule has 2 aromatic carbocycles. The lowest BCUT2D eigenvalue weighted by atomic mass is 9.68. The van der Waals surface area contributed by atoms with E-state index in [2.05, 4.69) is 16.4 Å². The minimum Gasteiger partial charge on any atom is -0.432 e. The Balaban J connectivity index is 1.21. The maximum atomic E-state index is 14.4. The van der Waals surface area contributed by atoms with Gasteiger partial charge in [-0.25, -0.2) is 8.78 Å². The highest BCUT2D eigenvalue weighted by Crippen LogP contribution is 2.44. The number of rotatable bonds is 13. The summed E-state index contributed by atoms with van der Waals surface area (Å²) in [7, 11) is 0. The van der Waals surface area contributed by atoms with Crippen LogP contribution in [-0.4, -0.2) is 25.9 Å². The maximum Gasteiger partial charge on any atom is 0.398 e. The molecule has 0 spiro atoms. The van der Waals surface area contributed by atoms with E-state index >= 15 is 0 Å². The molecule has 2 saturated carbocycles. The fourth-order valence-electron chi connectivity index (χ4n) is 6.41. The first-order valence-corrected chi connectivity index (χ1v) is 14.8. The molecule has 0 unspecified atom stereocenters. The number of ether oxygens (including phenoxy) is 3. The molecule has 4 rings (SSSR count). The molecule has 0 radical (unpaired) electrons. The van der Waals surface area contributed by atoms with Gasteiger partial charge in [-0.2, -0.15) is 17.6 Å². The van der Waals surface area contributed by atoms with Gasteiger partial charge >= 0.3 is 12.7 Å². The number of hydrogen-bond acceptors (Lipinski definition) is 3. The van der Waals surface area contributed by atoms with Crippen molar-refractivity contribution in [2.75, 3.05) is 13.2 Å². The topological polar surface area (TPSA) is 27.7 Å². The predicted molar refractivity (Wildman–Crippen MR) is 145 cm³/mol. The van der Waals surface area contributed by atoms with Crippen molar-refractivity contribution >= 4 is 0 Å². The quantitative estimate of drug-likeness (QED) is 0.173. The molecule has 0 amide bonds. The van der Waals surface area contributed by atoms with E-state index in [0.717, 1.165) is 44.3 Å². The maximum absolute atomic E-state index is 14.4. The van der Waals surface area contributed by atoms with Gasteiger partial charge in [-0.3, -0.25) is 0 Å². The van der Waals surface area contributed by atoms with Crippen LogP contribution in [0.2, 0.25) is 0 Å². The van der Waals surface area contributed by atoms with E-state index in [1.54, 1.807) is 0 Å². The van der Waals surface area contributed by atoms with Gasteiger partial charge in [-0.1, -0.05) is 31.2 Å². The van der Waals surface area contributed by atoms with Crippen molar-refractivity contribution in [1.29, 1.82) is 0 Å². The van der Waals surface area contributed by atoms with Crippen molar-refractivity contribution in [2.24, 2.45) is 17.8 Å². The summed E-state index contributed by atoms with van der Waals surface area (Å²) in [5, 5.41) is 0. The third-order valence-electron chi connectivity index (χ3n) is 8.63. The number of halogens is 6. The fraction of sp³-hybridized carbons (Fsp3) is 0.625. The minimum atomic E-state index is -3.72. The number of aryl methyl sites for hydroxylation is 1. The largest absolute Gasteiger partial charge is 0.432 e. The van der Waals surface area contributed by atoms with Crippen LogP contribution >= 0.6 is 0 Å². The van der Waals surface area contributed by atoms with Gasteiger partial charge in [0.15, 0.2) is 17.4 Å². The van der Waals surface area contributed by atoms with Crippen LogP contribution in [0, 0.1) is 29.4 Å². The Morgan fingerprint density at radius 1 is 0.854 bits per heavy atom. The normalized spacial score (nSPS) is 23.5. The average Bonchev–Trinajstić information content (AvgIpc) is 2.95. The number of benzene rings is 2. The lowest BCUT2D eigenvalue weighted by Gasteiger charge is -2.38. The molecule has 2 aliphatic carbocycles. The highest BCUT2D eigenvalue weighted by Gasteiger charge is 2.33. The number of alkyl halides is 4. The smallest absolute Gasteiger partial charge is 0.398 e. The van der Waals surface area contributed by atoms with Gasteiger partial charge in [0.05, 0.1) is 6.42 Å². The molecule has 0 aromatic heterocycles. The van der Waals surface area contributed by atoms with Crippen LogP contribution in [0.15, 0.2) is 36.4 Å². The Hall–Kier alpha value is -2.42. The zero-order valence-corrected chi connectivity index (χ0v) is 23.5. The van der Waals surface area contributed by atoms with Crippen molar-refractivity contribution in [3.63, 3.8) is 0 Å². The third-order valence-corrected chi connectivity index (χ3v) is 8.63. The zero-order valence-electron chi connectivity index (χ0n) is 23.5. The first-order chi connectivity index (χ1) is 19.6. The first-order valence-electron chi connectivity index (χ1n) is 14.8. The second-order valence-electron chi connectivity index (χ2n) is 11.5. The third kappa shape index (κ3) is 9.29. The molecule has 0 aliphatic heterocycles. The second kappa shape index (κ2) is 14.7.